The van der Waals surface area contributed by atoms with E-state index in [9.17, 15) is 19.7 Å². The third-order valence-corrected chi connectivity index (χ3v) is 3.62. The van der Waals surface area contributed by atoms with Gasteiger partial charge in [0.15, 0.2) is 0 Å². The second kappa shape index (κ2) is 6.49. The zero-order valence-electron chi connectivity index (χ0n) is 11.8. The molecule has 1 N–H and O–H groups in total. The Morgan fingerprint density at radius 1 is 1.52 bits per heavy atom. The second-order valence-corrected chi connectivity index (χ2v) is 5.05. The van der Waals surface area contributed by atoms with Crippen molar-refractivity contribution in [2.24, 2.45) is 0 Å². The van der Waals surface area contributed by atoms with Crippen molar-refractivity contribution in [1.29, 1.82) is 0 Å². The Morgan fingerprint density at radius 2 is 2.29 bits per heavy atom. The van der Waals surface area contributed by atoms with Gasteiger partial charge in [0.25, 0.3) is 11.2 Å². The van der Waals surface area contributed by atoms with Gasteiger partial charge in [-0.25, -0.2) is 0 Å². The van der Waals surface area contributed by atoms with Crippen LogP contribution in [0, 0.1) is 10.1 Å². The standard InChI is InChI=1S/C13H18N4O4/c1-14-7-10-3-2-6-16(10)13(19)9-15-8-11(17(20)21)4-5-12(15)18/h4-5,8,10,14H,2-3,6-7,9H2,1H3. The fourth-order valence-corrected chi connectivity index (χ4v) is 2.60. The Morgan fingerprint density at radius 3 is 2.95 bits per heavy atom. The van der Waals surface area contributed by atoms with Crippen LogP contribution in [0.3, 0.4) is 0 Å². The minimum absolute atomic E-state index is 0.122. The number of hydrogen-bond donors (Lipinski definition) is 1. The number of likely N-dealkylation sites (N-methyl/N-ethyl adjacent to an activating group) is 1. The number of rotatable bonds is 5. The van der Waals surface area contributed by atoms with Gasteiger partial charge < -0.3 is 10.2 Å². The molecule has 0 aliphatic carbocycles. The number of nitrogens with one attached hydrogen (secondary N) is 1. The lowest BCUT2D eigenvalue weighted by Gasteiger charge is -2.24. The average Bonchev–Trinajstić information content (AvgIpc) is 2.89. The zero-order chi connectivity index (χ0) is 15.4. The molecule has 8 heteroatoms. The molecule has 1 aromatic heterocycles. The number of amides is 1. The maximum Gasteiger partial charge on any atom is 0.285 e. The smallest absolute Gasteiger partial charge is 0.285 e. The fourth-order valence-electron chi connectivity index (χ4n) is 2.60. The van der Waals surface area contributed by atoms with Crippen molar-refractivity contribution in [3.05, 3.63) is 38.8 Å². The number of aromatic nitrogens is 1. The van der Waals surface area contributed by atoms with Crippen LogP contribution in [0.4, 0.5) is 5.69 Å². The Balaban J connectivity index is 2.14. The molecule has 1 saturated heterocycles. The molecule has 2 rings (SSSR count). The first-order valence-electron chi connectivity index (χ1n) is 6.82. The summed E-state index contributed by atoms with van der Waals surface area (Å²) < 4.78 is 1.09. The minimum atomic E-state index is -0.583. The first kappa shape index (κ1) is 15.2. The summed E-state index contributed by atoms with van der Waals surface area (Å²) in [5.74, 6) is -0.185. The van der Waals surface area contributed by atoms with Gasteiger partial charge in [-0.1, -0.05) is 0 Å². The molecule has 1 aliphatic heterocycles. The Kier molecular flexibility index (Phi) is 4.69. The maximum absolute atomic E-state index is 12.3. The summed E-state index contributed by atoms with van der Waals surface area (Å²) in [7, 11) is 1.83. The largest absolute Gasteiger partial charge is 0.337 e. The summed E-state index contributed by atoms with van der Waals surface area (Å²) >= 11 is 0. The van der Waals surface area contributed by atoms with E-state index in [0.29, 0.717) is 13.1 Å². The van der Waals surface area contributed by atoms with Crippen LogP contribution in [-0.2, 0) is 11.3 Å². The van der Waals surface area contributed by atoms with Crippen LogP contribution in [0.15, 0.2) is 23.1 Å². The molecular weight excluding hydrogens is 276 g/mol. The first-order valence-corrected chi connectivity index (χ1v) is 6.82. The van der Waals surface area contributed by atoms with Crippen LogP contribution < -0.4 is 10.9 Å². The molecule has 8 nitrogen and oxygen atoms in total. The van der Waals surface area contributed by atoms with Crippen molar-refractivity contribution in [2.45, 2.75) is 25.4 Å². The number of pyridine rings is 1. The lowest BCUT2D eigenvalue weighted by molar-refractivity contribution is -0.385. The Labute approximate surface area is 121 Å². The highest BCUT2D eigenvalue weighted by Gasteiger charge is 2.28. The molecule has 1 aromatic rings. The van der Waals surface area contributed by atoms with Crippen molar-refractivity contribution in [3.63, 3.8) is 0 Å². The Bertz CT molecular complexity index is 598. The summed E-state index contributed by atoms with van der Waals surface area (Å²) in [6, 6.07) is 2.38. The highest BCUT2D eigenvalue weighted by molar-refractivity contribution is 5.76. The van der Waals surface area contributed by atoms with E-state index in [4.69, 9.17) is 0 Å². The molecule has 2 heterocycles. The van der Waals surface area contributed by atoms with Gasteiger partial charge in [0, 0.05) is 31.3 Å². The summed E-state index contributed by atoms with van der Waals surface area (Å²) in [5, 5.41) is 13.8. The van der Waals surface area contributed by atoms with Crippen LogP contribution in [0.5, 0.6) is 0 Å². The van der Waals surface area contributed by atoms with Crippen LogP contribution >= 0.6 is 0 Å². The van der Waals surface area contributed by atoms with Gasteiger partial charge in [-0.15, -0.1) is 0 Å². The van der Waals surface area contributed by atoms with Gasteiger partial charge in [-0.05, 0) is 19.9 Å². The molecule has 1 atom stereocenters. The Hall–Kier alpha value is -2.22. The lowest BCUT2D eigenvalue weighted by Crippen LogP contribution is -2.43. The topological polar surface area (TPSA) is 97.5 Å². The predicted octanol–water partition coefficient (Wildman–Crippen LogP) is -0.0331. The predicted molar refractivity (Wildman–Crippen MR) is 76.0 cm³/mol. The fraction of sp³-hybridized carbons (Fsp3) is 0.538. The van der Waals surface area contributed by atoms with Gasteiger partial charge in [-0.3, -0.25) is 24.3 Å². The maximum atomic E-state index is 12.3. The number of carbonyl (C=O) groups is 1. The van der Waals surface area contributed by atoms with Crippen LogP contribution in [0.1, 0.15) is 12.8 Å². The monoisotopic (exact) mass is 294 g/mol. The highest BCUT2D eigenvalue weighted by Crippen LogP contribution is 2.17. The van der Waals surface area contributed by atoms with E-state index in [1.165, 1.54) is 0 Å². The normalized spacial score (nSPS) is 18.0. The highest BCUT2D eigenvalue weighted by atomic mass is 16.6. The SMILES string of the molecule is CNCC1CCCN1C(=O)Cn1cc([N+](=O)[O-])ccc1=O. The van der Waals surface area contributed by atoms with Crippen molar-refractivity contribution in [3.8, 4) is 0 Å². The van der Waals surface area contributed by atoms with Crippen molar-refractivity contribution in [1.82, 2.24) is 14.8 Å². The molecule has 0 radical (unpaired) electrons. The molecule has 0 bridgehead atoms. The van der Waals surface area contributed by atoms with Crippen LogP contribution in [0.2, 0.25) is 0 Å². The third kappa shape index (κ3) is 3.46. The quantitative estimate of drug-likeness (QED) is 0.607. The van der Waals surface area contributed by atoms with E-state index >= 15 is 0 Å². The van der Waals surface area contributed by atoms with Gasteiger partial charge in [0.2, 0.25) is 5.91 Å². The van der Waals surface area contributed by atoms with E-state index in [2.05, 4.69) is 5.32 Å². The van der Waals surface area contributed by atoms with Gasteiger partial charge in [0.05, 0.1) is 11.1 Å². The molecular formula is C13H18N4O4. The summed E-state index contributed by atoms with van der Waals surface area (Å²) in [4.78, 5) is 35.9. The van der Waals surface area contributed by atoms with Crippen molar-refractivity contribution >= 4 is 11.6 Å². The molecule has 0 aromatic carbocycles. The molecule has 1 aliphatic rings. The molecule has 0 saturated carbocycles. The molecule has 1 fully saturated rings. The number of nitrogens with zero attached hydrogens (tertiary/aromatic N) is 3. The minimum Gasteiger partial charge on any atom is -0.337 e. The number of likely N-dealkylation sites (tertiary alicyclic amines) is 1. The van der Waals surface area contributed by atoms with E-state index in [-0.39, 0.29) is 24.2 Å². The number of hydrogen-bond acceptors (Lipinski definition) is 5. The summed E-state index contributed by atoms with van der Waals surface area (Å²) in [6.07, 6.45) is 2.97. The van der Waals surface area contributed by atoms with E-state index in [1.807, 2.05) is 7.05 Å². The van der Waals surface area contributed by atoms with E-state index in [1.54, 1.807) is 4.90 Å². The molecule has 21 heavy (non-hydrogen) atoms. The first-order chi connectivity index (χ1) is 10.0. The third-order valence-electron chi connectivity index (χ3n) is 3.62. The molecule has 1 amide bonds. The van der Waals surface area contributed by atoms with Crippen LogP contribution in [-0.4, -0.2) is 46.5 Å². The van der Waals surface area contributed by atoms with E-state index < -0.39 is 10.5 Å². The molecule has 0 spiro atoms. The second-order valence-electron chi connectivity index (χ2n) is 5.05. The van der Waals surface area contributed by atoms with E-state index in [0.717, 1.165) is 35.7 Å². The molecule has 1 unspecified atom stereocenters. The zero-order valence-corrected chi connectivity index (χ0v) is 11.8. The van der Waals surface area contributed by atoms with Crippen LogP contribution in [0.25, 0.3) is 0 Å². The van der Waals surface area contributed by atoms with Gasteiger partial charge in [-0.2, -0.15) is 0 Å². The van der Waals surface area contributed by atoms with Crippen molar-refractivity contribution < 1.29 is 9.72 Å². The van der Waals surface area contributed by atoms with Gasteiger partial charge in [0.1, 0.15) is 6.54 Å². The average molecular weight is 294 g/mol. The number of carbonyl (C=O) groups excluding carboxylic acids is 1. The number of nitro groups is 1. The van der Waals surface area contributed by atoms with Crippen molar-refractivity contribution in [2.75, 3.05) is 20.1 Å². The van der Waals surface area contributed by atoms with Gasteiger partial charge >= 0.3 is 0 Å². The summed E-state index contributed by atoms with van der Waals surface area (Å²) in [6.45, 7) is 1.20. The molecule has 114 valence electrons. The lowest BCUT2D eigenvalue weighted by atomic mass is 10.2. The summed E-state index contributed by atoms with van der Waals surface area (Å²) in [5.41, 5.74) is -0.617.